The van der Waals surface area contributed by atoms with Crippen molar-refractivity contribution in [2.45, 2.75) is 58.0 Å². The van der Waals surface area contributed by atoms with Gasteiger partial charge in [0.05, 0.1) is 24.3 Å². The van der Waals surface area contributed by atoms with E-state index >= 15 is 0 Å². The summed E-state index contributed by atoms with van der Waals surface area (Å²) in [6.45, 7) is 7.04. The Morgan fingerprint density at radius 3 is 1.31 bits per heavy atom. The highest BCUT2D eigenvalue weighted by atomic mass is 19.4. The van der Waals surface area contributed by atoms with Crippen LogP contribution in [0.1, 0.15) is 64.9 Å². The molecule has 2 unspecified atom stereocenters. The number of carbonyl (C=O) groups is 2. The van der Waals surface area contributed by atoms with E-state index in [-0.39, 0.29) is 18.4 Å². The molecule has 0 saturated heterocycles. The Balaban J connectivity index is 0.000000247. The van der Waals surface area contributed by atoms with Crippen LogP contribution >= 0.6 is 0 Å². The molecule has 14 heteroatoms. The fourth-order valence-corrected chi connectivity index (χ4v) is 6.81. The molecule has 0 aliphatic rings. The van der Waals surface area contributed by atoms with Gasteiger partial charge in [0, 0.05) is 30.5 Å². The topological polar surface area (TPSA) is 111 Å². The minimum atomic E-state index is -4.40. The average molecular weight is 899 g/mol. The summed E-state index contributed by atoms with van der Waals surface area (Å²) in [7, 11) is 0. The van der Waals surface area contributed by atoms with Gasteiger partial charge in [-0.2, -0.15) is 26.3 Å². The van der Waals surface area contributed by atoms with Crippen molar-refractivity contribution in [3.05, 3.63) is 191 Å². The molecule has 342 valence electrons. The maximum absolute atomic E-state index is 13.5. The monoisotopic (exact) mass is 898 g/mol. The zero-order valence-corrected chi connectivity index (χ0v) is 36.3. The van der Waals surface area contributed by atoms with E-state index in [1.165, 1.54) is 29.2 Å². The number of alkyl halides is 6. The lowest BCUT2D eigenvalue weighted by Crippen LogP contribution is -2.40. The molecule has 0 fully saturated rings. The van der Waals surface area contributed by atoms with Gasteiger partial charge < -0.3 is 30.7 Å². The molecule has 0 heterocycles. The van der Waals surface area contributed by atoms with Gasteiger partial charge in [0.15, 0.2) is 11.5 Å². The van der Waals surface area contributed by atoms with E-state index in [1.54, 1.807) is 59.5 Å². The van der Waals surface area contributed by atoms with Gasteiger partial charge in [-0.25, -0.2) is 0 Å². The molecule has 0 spiro atoms. The summed E-state index contributed by atoms with van der Waals surface area (Å²) in [5, 5.41) is 0. The van der Waals surface area contributed by atoms with Crippen LogP contribution in [0.15, 0.2) is 152 Å². The summed E-state index contributed by atoms with van der Waals surface area (Å²) in [6, 6.07) is 39.0. The molecule has 8 nitrogen and oxygen atoms in total. The standard InChI is InChI=1S/C27H29F3N2O3.C24H23F3N2O/c1-3-34-23-15-14-22(18-24(23)35-4-2)32(26(33)25(31)20-8-6-5-7-9-20)17-16-19-10-12-21(13-11-19)27(28,29)30;1-17-7-13-21(14-8-17)29(23(30)22(28)19-5-3-2-4-6-19)16-15-18-9-11-20(12-10-18)24(25,26)27/h5-15,18,25H,3-4,16-17,31H2,1-2H3;2-14,22H,15-16,28H2,1H3. The SMILES string of the molecule is CCOc1ccc(N(CCc2ccc(C(F)(F)F)cc2)C(=O)C(N)c2ccccc2)cc1OCC.Cc1ccc(N(CCc2ccc(C(F)(F)F)cc2)C(=O)C(N)c2ccccc2)cc1. The van der Waals surface area contributed by atoms with Crippen LogP contribution in [0.5, 0.6) is 11.5 Å². The molecule has 6 rings (SSSR count). The van der Waals surface area contributed by atoms with Crippen LogP contribution in [0.25, 0.3) is 0 Å². The van der Waals surface area contributed by atoms with E-state index in [2.05, 4.69) is 0 Å². The zero-order chi connectivity index (χ0) is 47.1. The van der Waals surface area contributed by atoms with Crippen LogP contribution in [-0.4, -0.2) is 38.1 Å². The molecule has 0 aromatic heterocycles. The summed E-state index contributed by atoms with van der Waals surface area (Å²) in [6.07, 6.45) is -8.03. The highest BCUT2D eigenvalue weighted by Crippen LogP contribution is 2.34. The molecule has 0 radical (unpaired) electrons. The molecule has 0 saturated carbocycles. The second-order valence-corrected chi connectivity index (χ2v) is 15.0. The van der Waals surface area contributed by atoms with Crippen molar-refractivity contribution in [2.24, 2.45) is 11.5 Å². The van der Waals surface area contributed by atoms with Crippen molar-refractivity contribution in [2.75, 3.05) is 36.1 Å². The van der Waals surface area contributed by atoms with Crippen molar-refractivity contribution >= 4 is 23.2 Å². The first-order chi connectivity index (χ1) is 31.0. The van der Waals surface area contributed by atoms with Crippen molar-refractivity contribution in [1.29, 1.82) is 0 Å². The summed E-state index contributed by atoms with van der Waals surface area (Å²) < 4.78 is 88.4. The number of benzene rings is 6. The number of halogens is 6. The van der Waals surface area contributed by atoms with Gasteiger partial charge in [0.2, 0.25) is 11.8 Å². The van der Waals surface area contributed by atoms with Crippen molar-refractivity contribution in [3.63, 3.8) is 0 Å². The molecule has 65 heavy (non-hydrogen) atoms. The number of anilines is 2. The number of nitrogens with two attached hydrogens (primary N) is 2. The molecule has 0 aliphatic carbocycles. The lowest BCUT2D eigenvalue weighted by atomic mass is 10.0. The molecule has 2 atom stereocenters. The van der Waals surface area contributed by atoms with E-state index in [0.717, 1.165) is 29.8 Å². The van der Waals surface area contributed by atoms with Crippen LogP contribution in [0.2, 0.25) is 0 Å². The van der Waals surface area contributed by atoms with Crippen molar-refractivity contribution in [3.8, 4) is 11.5 Å². The third kappa shape index (κ3) is 13.9. The lowest BCUT2D eigenvalue weighted by molar-refractivity contribution is -0.138. The first-order valence-electron chi connectivity index (χ1n) is 21.0. The summed E-state index contributed by atoms with van der Waals surface area (Å²) in [5.41, 5.74) is 16.2. The minimum absolute atomic E-state index is 0.213. The lowest BCUT2D eigenvalue weighted by Gasteiger charge is -2.27. The van der Waals surface area contributed by atoms with Gasteiger partial charge in [-0.1, -0.05) is 103 Å². The van der Waals surface area contributed by atoms with Crippen LogP contribution in [0, 0.1) is 6.92 Å². The van der Waals surface area contributed by atoms with E-state index < -0.39 is 35.6 Å². The smallest absolute Gasteiger partial charge is 0.416 e. The number of hydrogen-bond acceptors (Lipinski definition) is 6. The molecular formula is C51H52F6N4O4. The maximum atomic E-state index is 13.5. The predicted molar refractivity (Wildman–Crippen MR) is 242 cm³/mol. The first kappa shape index (κ1) is 49.4. The van der Waals surface area contributed by atoms with E-state index in [4.69, 9.17) is 20.9 Å². The Kier molecular flexibility index (Phi) is 17.3. The molecule has 4 N–H and O–H groups in total. The fourth-order valence-electron chi connectivity index (χ4n) is 6.81. The predicted octanol–water partition coefficient (Wildman–Crippen LogP) is 11.1. The van der Waals surface area contributed by atoms with Crippen LogP contribution in [-0.2, 0) is 34.8 Å². The van der Waals surface area contributed by atoms with E-state index in [9.17, 15) is 35.9 Å². The minimum Gasteiger partial charge on any atom is -0.490 e. The maximum Gasteiger partial charge on any atom is 0.416 e. The summed E-state index contributed by atoms with van der Waals surface area (Å²) in [5.74, 6) is 0.444. The molecule has 0 aliphatic heterocycles. The van der Waals surface area contributed by atoms with Crippen molar-refractivity contribution in [1.82, 2.24) is 0 Å². The largest absolute Gasteiger partial charge is 0.490 e. The van der Waals surface area contributed by atoms with Gasteiger partial charge in [-0.3, -0.25) is 9.59 Å². The number of rotatable bonds is 16. The van der Waals surface area contributed by atoms with Gasteiger partial charge in [-0.15, -0.1) is 0 Å². The highest BCUT2D eigenvalue weighted by molar-refractivity contribution is 5.98. The molecule has 6 aromatic rings. The number of nitrogens with zero attached hydrogens (tertiary/aromatic N) is 2. The fraction of sp³-hybridized carbons (Fsp3) is 0.255. The first-order valence-corrected chi connectivity index (χ1v) is 21.0. The van der Waals surface area contributed by atoms with Crippen LogP contribution in [0.4, 0.5) is 37.7 Å². The van der Waals surface area contributed by atoms with E-state index in [0.29, 0.717) is 77.7 Å². The highest BCUT2D eigenvalue weighted by Gasteiger charge is 2.31. The number of hydrogen-bond donors (Lipinski definition) is 2. The Labute approximate surface area is 375 Å². The Bertz CT molecular complexity index is 2410. The van der Waals surface area contributed by atoms with E-state index in [1.807, 2.05) is 69.3 Å². The second kappa shape index (κ2) is 22.8. The van der Waals surface area contributed by atoms with Gasteiger partial charge in [0.25, 0.3) is 0 Å². The second-order valence-electron chi connectivity index (χ2n) is 15.0. The number of aryl methyl sites for hydroxylation is 1. The van der Waals surface area contributed by atoms with Crippen LogP contribution in [0.3, 0.4) is 0 Å². The Morgan fingerprint density at radius 1 is 0.523 bits per heavy atom. The van der Waals surface area contributed by atoms with Gasteiger partial charge >= 0.3 is 12.4 Å². The van der Waals surface area contributed by atoms with Crippen molar-refractivity contribution < 1.29 is 45.4 Å². The molecule has 0 bridgehead atoms. The third-order valence-corrected chi connectivity index (χ3v) is 10.4. The zero-order valence-electron chi connectivity index (χ0n) is 36.3. The normalized spacial score (nSPS) is 12.3. The van der Waals surface area contributed by atoms with Gasteiger partial charge in [0.1, 0.15) is 12.1 Å². The van der Waals surface area contributed by atoms with Gasteiger partial charge in [-0.05, 0) is 104 Å². The molecular weight excluding hydrogens is 847 g/mol. The number of amides is 2. The average Bonchev–Trinajstić information content (AvgIpc) is 3.30. The molecule has 6 aromatic carbocycles. The van der Waals surface area contributed by atoms with Crippen LogP contribution < -0.4 is 30.7 Å². The summed E-state index contributed by atoms with van der Waals surface area (Å²) in [4.78, 5) is 29.8. The molecule has 2 amide bonds. The Morgan fingerprint density at radius 2 is 0.908 bits per heavy atom. The number of carbonyl (C=O) groups excluding carboxylic acids is 2. The summed E-state index contributed by atoms with van der Waals surface area (Å²) >= 11 is 0. The third-order valence-electron chi connectivity index (χ3n) is 10.4. The quantitative estimate of drug-likeness (QED) is 0.0936. The number of ether oxygens (including phenoxy) is 2. The Hall–Kier alpha value is -6.64.